The number of nitrogens with zero attached hydrogens (tertiary/aromatic N) is 7. The van der Waals surface area contributed by atoms with Crippen molar-refractivity contribution >= 4 is 23.7 Å². The fraction of sp³-hybridized carbons (Fsp3) is 0.526. The van der Waals surface area contributed by atoms with Gasteiger partial charge < -0.3 is 30.9 Å². The molecule has 0 saturated carbocycles. The van der Waals surface area contributed by atoms with E-state index in [9.17, 15) is 4.79 Å². The summed E-state index contributed by atoms with van der Waals surface area (Å²) in [6.45, 7) is 4.92. The highest BCUT2D eigenvalue weighted by atomic mass is 16.5. The molecule has 2 aromatic rings. The number of amides is 2. The van der Waals surface area contributed by atoms with Gasteiger partial charge in [0.1, 0.15) is 5.82 Å². The molecule has 158 valence electrons. The second-order valence-electron chi connectivity index (χ2n) is 7.77. The van der Waals surface area contributed by atoms with E-state index in [1.165, 1.54) is 0 Å². The molecule has 30 heavy (non-hydrogen) atoms. The SMILES string of the molecule is NC(=O)N1CC[C@H](N2CCc3c(-c4cnc(N)nc4)nc(N4CCOCC4)nc32)C1. The standard InChI is InChI=1S/C19H25N9O2/c20-17-22-9-12(10-23-17)15-14-2-4-28(13-1-3-27(11-13)18(21)29)16(14)25-19(24-15)26-5-7-30-8-6-26/h9-10,13H,1-8,11H2,(H2,21,29)(H2,20,22,23)/t13-/m0/s1. The van der Waals surface area contributed by atoms with E-state index in [4.69, 9.17) is 26.2 Å². The van der Waals surface area contributed by atoms with Gasteiger partial charge in [0.2, 0.25) is 11.9 Å². The largest absolute Gasteiger partial charge is 0.378 e. The van der Waals surface area contributed by atoms with Crippen molar-refractivity contribution in [3.8, 4) is 11.3 Å². The monoisotopic (exact) mass is 411 g/mol. The summed E-state index contributed by atoms with van der Waals surface area (Å²) in [6.07, 6.45) is 5.12. The first-order valence-electron chi connectivity index (χ1n) is 10.2. The average molecular weight is 411 g/mol. The summed E-state index contributed by atoms with van der Waals surface area (Å²) in [5.41, 5.74) is 13.9. The van der Waals surface area contributed by atoms with Gasteiger partial charge in [-0.15, -0.1) is 0 Å². The van der Waals surface area contributed by atoms with Crippen LogP contribution in [0.15, 0.2) is 12.4 Å². The van der Waals surface area contributed by atoms with Crippen LogP contribution in [0.4, 0.5) is 22.5 Å². The summed E-state index contributed by atoms with van der Waals surface area (Å²) >= 11 is 0. The normalized spacial score (nSPS) is 21.2. The van der Waals surface area contributed by atoms with Crippen molar-refractivity contribution in [1.82, 2.24) is 24.8 Å². The highest BCUT2D eigenvalue weighted by Gasteiger charge is 2.36. The zero-order chi connectivity index (χ0) is 20.7. The Morgan fingerprint density at radius 3 is 2.57 bits per heavy atom. The number of urea groups is 1. The van der Waals surface area contributed by atoms with Crippen molar-refractivity contribution < 1.29 is 9.53 Å². The summed E-state index contributed by atoms with van der Waals surface area (Å²) in [6, 6.07) is -0.171. The molecule has 11 nitrogen and oxygen atoms in total. The van der Waals surface area contributed by atoms with Crippen LogP contribution in [0.1, 0.15) is 12.0 Å². The van der Waals surface area contributed by atoms with Gasteiger partial charge in [-0.25, -0.2) is 19.7 Å². The van der Waals surface area contributed by atoms with E-state index in [1.54, 1.807) is 17.3 Å². The summed E-state index contributed by atoms with van der Waals surface area (Å²) in [5.74, 6) is 1.84. The number of carbonyl (C=O) groups excluding carboxylic acids is 1. The molecule has 11 heteroatoms. The zero-order valence-corrected chi connectivity index (χ0v) is 16.7. The number of anilines is 3. The maximum Gasteiger partial charge on any atom is 0.314 e. The summed E-state index contributed by atoms with van der Waals surface area (Å²) in [7, 11) is 0. The van der Waals surface area contributed by atoms with Crippen LogP contribution in [-0.2, 0) is 11.2 Å². The number of aromatic nitrogens is 4. The van der Waals surface area contributed by atoms with Crippen molar-refractivity contribution in [3.63, 3.8) is 0 Å². The molecule has 5 rings (SSSR count). The van der Waals surface area contributed by atoms with Crippen LogP contribution in [0, 0.1) is 0 Å². The number of hydrogen-bond donors (Lipinski definition) is 2. The van der Waals surface area contributed by atoms with Gasteiger partial charge in [0.05, 0.1) is 18.9 Å². The molecule has 2 aromatic heterocycles. The minimum atomic E-state index is -0.367. The topological polar surface area (TPSA) is 140 Å². The number of hydrogen-bond acceptors (Lipinski definition) is 9. The van der Waals surface area contributed by atoms with Gasteiger partial charge in [-0.1, -0.05) is 0 Å². The van der Waals surface area contributed by atoms with Gasteiger partial charge in [0, 0.05) is 62.3 Å². The number of likely N-dealkylation sites (tertiary alicyclic amines) is 1. The summed E-state index contributed by atoms with van der Waals surface area (Å²) < 4.78 is 5.49. The molecule has 0 radical (unpaired) electrons. The molecule has 3 aliphatic heterocycles. The van der Waals surface area contributed by atoms with Crippen LogP contribution >= 0.6 is 0 Å². The second kappa shape index (κ2) is 7.56. The van der Waals surface area contributed by atoms with Gasteiger partial charge in [0.25, 0.3) is 0 Å². The van der Waals surface area contributed by atoms with Crippen LogP contribution in [0.5, 0.6) is 0 Å². The van der Waals surface area contributed by atoms with Gasteiger partial charge in [-0.05, 0) is 12.8 Å². The van der Waals surface area contributed by atoms with E-state index in [-0.39, 0.29) is 18.0 Å². The Balaban J connectivity index is 1.54. The number of nitrogens with two attached hydrogens (primary N) is 2. The molecule has 2 saturated heterocycles. The van der Waals surface area contributed by atoms with Crippen LogP contribution in [0.2, 0.25) is 0 Å². The zero-order valence-electron chi connectivity index (χ0n) is 16.7. The molecule has 0 unspecified atom stereocenters. The predicted octanol–water partition coefficient (Wildman–Crippen LogP) is -0.132. The van der Waals surface area contributed by atoms with E-state index in [0.29, 0.717) is 32.3 Å². The maximum absolute atomic E-state index is 11.6. The van der Waals surface area contributed by atoms with Crippen molar-refractivity contribution in [1.29, 1.82) is 0 Å². The van der Waals surface area contributed by atoms with Gasteiger partial charge in [0.15, 0.2) is 0 Å². The third-order valence-corrected chi connectivity index (χ3v) is 6.00. The highest BCUT2D eigenvalue weighted by molar-refractivity contribution is 5.74. The molecule has 0 bridgehead atoms. The number of nitrogen functional groups attached to an aromatic ring is 1. The lowest BCUT2D eigenvalue weighted by Gasteiger charge is -2.30. The van der Waals surface area contributed by atoms with E-state index in [1.807, 2.05) is 0 Å². The second-order valence-corrected chi connectivity index (χ2v) is 7.77. The minimum absolute atomic E-state index is 0.196. The molecule has 2 amide bonds. The van der Waals surface area contributed by atoms with Crippen LogP contribution in [0.25, 0.3) is 11.3 Å². The summed E-state index contributed by atoms with van der Waals surface area (Å²) in [4.78, 5) is 35.9. The van der Waals surface area contributed by atoms with Crippen LogP contribution in [0.3, 0.4) is 0 Å². The van der Waals surface area contributed by atoms with Crippen molar-refractivity contribution in [2.75, 3.05) is 61.5 Å². The van der Waals surface area contributed by atoms with E-state index >= 15 is 0 Å². The number of ether oxygens (including phenoxy) is 1. The Kier molecular flexibility index (Phi) is 4.74. The van der Waals surface area contributed by atoms with E-state index < -0.39 is 0 Å². The molecular formula is C19H25N9O2. The molecule has 1 atom stereocenters. The molecule has 3 aliphatic rings. The Morgan fingerprint density at radius 2 is 1.87 bits per heavy atom. The predicted molar refractivity (Wildman–Crippen MR) is 111 cm³/mol. The summed E-state index contributed by atoms with van der Waals surface area (Å²) in [5, 5.41) is 0. The van der Waals surface area contributed by atoms with Crippen molar-refractivity contribution in [2.24, 2.45) is 5.73 Å². The lowest BCUT2D eigenvalue weighted by Crippen LogP contribution is -2.40. The maximum atomic E-state index is 11.6. The number of rotatable bonds is 3. The van der Waals surface area contributed by atoms with Crippen molar-refractivity contribution in [3.05, 3.63) is 18.0 Å². The molecule has 4 N–H and O–H groups in total. The molecule has 5 heterocycles. The third kappa shape index (κ3) is 3.34. The van der Waals surface area contributed by atoms with Gasteiger partial charge >= 0.3 is 6.03 Å². The average Bonchev–Trinajstić information content (AvgIpc) is 3.41. The van der Waals surface area contributed by atoms with Crippen LogP contribution < -0.4 is 21.3 Å². The molecular weight excluding hydrogens is 386 g/mol. The minimum Gasteiger partial charge on any atom is -0.378 e. The van der Waals surface area contributed by atoms with Crippen LogP contribution in [-0.4, -0.2) is 82.8 Å². The quantitative estimate of drug-likeness (QED) is 0.706. The number of primary amides is 1. The first-order valence-corrected chi connectivity index (χ1v) is 10.2. The Morgan fingerprint density at radius 1 is 1.10 bits per heavy atom. The fourth-order valence-electron chi connectivity index (χ4n) is 4.42. The lowest BCUT2D eigenvalue weighted by atomic mass is 10.1. The fourth-order valence-corrected chi connectivity index (χ4v) is 4.42. The third-order valence-electron chi connectivity index (χ3n) is 6.00. The van der Waals surface area contributed by atoms with Gasteiger partial charge in [-0.2, -0.15) is 4.98 Å². The first kappa shape index (κ1) is 18.8. The lowest BCUT2D eigenvalue weighted by molar-refractivity contribution is 0.122. The number of carbonyl (C=O) groups is 1. The molecule has 0 aliphatic carbocycles. The number of fused-ring (bicyclic) bond motifs is 1. The highest BCUT2D eigenvalue weighted by Crippen LogP contribution is 2.37. The Labute approximate surface area is 174 Å². The Hall–Kier alpha value is -3.21. The molecule has 0 aromatic carbocycles. The molecule has 2 fully saturated rings. The smallest absolute Gasteiger partial charge is 0.314 e. The van der Waals surface area contributed by atoms with Gasteiger partial charge in [-0.3, -0.25) is 0 Å². The van der Waals surface area contributed by atoms with Crippen molar-refractivity contribution in [2.45, 2.75) is 18.9 Å². The Bertz CT molecular complexity index is 946. The molecule has 0 spiro atoms. The number of morpholine rings is 1. The van der Waals surface area contributed by atoms with E-state index in [2.05, 4.69) is 19.8 Å². The first-order chi connectivity index (χ1) is 14.6. The van der Waals surface area contributed by atoms with E-state index in [0.717, 1.165) is 55.1 Å².